The number of nitrogens with one attached hydrogen (secondary N) is 1. The Morgan fingerprint density at radius 3 is 2.48 bits per heavy atom. The first-order valence-electron chi connectivity index (χ1n) is 10.8. The third-order valence-electron chi connectivity index (χ3n) is 5.91. The van der Waals surface area contributed by atoms with Gasteiger partial charge in [0.2, 0.25) is 0 Å². The fraction of sp³-hybridized carbons (Fsp3) is 0.292. The van der Waals surface area contributed by atoms with Crippen molar-refractivity contribution in [1.82, 2.24) is 24.8 Å². The van der Waals surface area contributed by atoms with E-state index < -0.39 is 5.91 Å². The van der Waals surface area contributed by atoms with E-state index in [-0.39, 0.29) is 23.5 Å². The van der Waals surface area contributed by atoms with Crippen LogP contribution in [0.3, 0.4) is 0 Å². The van der Waals surface area contributed by atoms with E-state index in [4.69, 9.17) is 5.73 Å². The second-order valence-corrected chi connectivity index (χ2v) is 8.19. The lowest BCUT2D eigenvalue weighted by atomic mass is 10.0. The molecule has 1 aliphatic rings. The molecular weight excluding hydrogens is 418 g/mol. The first-order valence-corrected chi connectivity index (χ1v) is 10.8. The molecule has 0 radical (unpaired) electrons. The molecule has 0 spiro atoms. The number of nitrogens with zero attached hydrogens (tertiary/aromatic N) is 5. The molecule has 0 bridgehead atoms. The van der Waals surface area contributed by atoms with Crippen LogP contribution in [-0.4, -0.2) is 69.8 Å². The van der Waals surface area contributed by atoms with Gasteiger partial charge in [-0.25, -0.2) is 15.0 Å². The maximum atomic E-state index is 12.9. The second-order valence-electron chi connectivity index (χ2n) is 8.19. The lowest BCUT2D eigenvalue weighted by molar-refractivity contribution is 0.0659. The standard InChI is InChI=1S/C24H27N7O2/c1-30-13-10-18(11-14-30)31(2)24(33)17-8-6-16(7-9-17)19-15-27-22(25)21(28-19)23(32)29-20-5-3-4-12-26-20/h3-9,12,15,18H,10-11,13-14H2,1-2H3,(H2,25,27)(H,26,29,32). The van der Waals surface area contributed by atoms with Gasteiger partial charge in [0.05, 0.1) is 11.9 Å². The van der Waals surface area contributed by atoms with Crippen LogP contribution in [0, 0.1) is 0 Å². The number of aromatic nitrogens is 3. The Morgan fingerprint density at radius 2 is 1.82 bits per heavy atom. The maximum Gasteiger partial charge on any atom is 0.279 e. The molecule has 170 valence electrons. The van der Waals surface area contributed by atoms with Gasteiger partial charge < -0.3 is 20.9 Å². The van der Waals surface area contributed by atoms with Crippen molar-refractivity contribution in [3.63, 3.8) is 0 Å². The number of piperidine rings is 1. The highest BCUT2D eigenvalue weighted by Crippen LogP contribution is 2.22. The van der Waals surface area contributed by atoms with Crippen LogP contribution in [0.4, 0.5) is 11.6 Å². The summed E-state index contributed by atoms with van der Waals surface area (Å²) in [4.78, 5) is 42.3. The van der Waals surface area contributed by atoms with Crippen molar-refractivity contribution in [3.8, 4) is 11.3 Å². The molecule has 0 unspecified atom stereocenters. The number of benzene rings is 1. The van der Waals surface area contributed by atoms with Crippen molar-refractivity contribution in [1.29, 1.82) is 0 Å². The number of pyridine rings is 1. The number of anilines is 2. The summed E-state index contributed by atoms with van der Waals surface area (Å²) in [5.41, 5.74) is 7.73. The van der Waals surface area contributed by atoms with Gasteiger partial charge in [-0.1, -0.05) is 18.2 Å². The van der Waals surface area contributed by atoms with E-state index in [2.05, 4.69) is 32.2 Å². The van der Waals surface area contributed by atoms with Gasteiger partial charge in [-0.05, 0) is 57.2 Å². The number of nitrogen functional groups attached to an aromatic ring is 1. The summed E-state index contributed by atoms with van der Waals surface area (Å²) in [6, 6.07) is 12.6. The van der Waals surface area contributed by atoms with Gasteiger partial charge in [0.15, 0.2) is 11.5 Å². The number of carbonyl (C=O) groups is 2. The molecule has 2 amide bonds. The molecule has 9 heteroatoms. The number of hydrogen-bond donors (Lipinski definition) is 2. The molecule has 1 aliphatic heterocycles. The van der Waals surface area contributed by atoms with Crippen LogP contribution >= 0.6 is 0 Å². The fourth-order valence-electron chi connectivity index (χ4n) is 3.85. The molecule has 0 atom stereocenters. The number of amides is 2. The van der Waals surface area contributed by atoms with Gasteiger partial charge in [-0.15, -0.1) is 0 Å². The monoisotopic (exact) mass is 445 g/mol. The molecule has 0 saturated carbocycles. The zero-order valence-electron chi connectivity index (χ0n) is 18.7. The molecule has 9 nitrogen and oxygen atoms in total. The molecule has 3 N–H and O–H groups in total. The molecular formula is C24H27N7O2. The number of likely N-dealkylation sites (tertiary alicyclic amines) is 1. The second kappa shape index (κ2) is 9.74. The summed E-state index contributed by atoms with van der Waals surface area (Å²) >= 11 is 0. The highest BCUT2D eigenvalue weighted by Gasteiger charge is 2.24. The third-order valence-corrected chi connectivity index (χ3v) is 5.91. The highest BCUT2D eigenvalue weighted by molar-refractivity contribution is 6.05. The summed E-state index contributed by atoms with van der Waals surface area (Å²) in [7, 11) is 3.97. The summed E-state index contributed by atoms with van der Waals surface area (Å²) < 4.78 is 0. The van der Waals surface area contributed by atoms with Crippen molar-refractivity contribution in [3.05, 3.63) is 66.1 Å². The largest absolute Gasteiger partial charge is 0.382 e. The molecule has 3 aromatic rings. The van der Waals surface area contributed by atoms with Gasteiger partial charge in [0, 0.05) is 30.4 Å². The quantitative estimate of drug-likeness (QED) is 0.620. The Hall–Kier alpha value is -3.85. The SMILES string of the molecule is CN1CCC(N(C)C(=O)c2ccc(-c3cnc(N)c(C(=O)Nc4ccccn4)n3)cc2)CC1. The molecule has 1 fully saturated rings. The molecule has 4 rings (SSSR count). The van der Waals surface area contributed by atoms with E-state index >= 15 is 0 Å². The average Bonchev–Trinajstić information content (AvgIpc) is 2.84. The van der Waals surface area contributed by atoms with E-state index in [1.807, 2.05) is 11.9 Å². The van der Waals surface area contributed by atoms with Crippen molar-refractivity contribution in [2.45, 2.75) is 18.9 Å². The Labute approximate surface area is 192 Å². The summed E-state index contributed by atoms with van der Waals surface area (Å²) in [6.45, 7) is 1.99. The average molecular weight is 446 g/mol. The van der Waals surface area contributed by atoms with E-state index in [0.717, 1.165) is 31.5 Å². The molecule has 3 heterocycles. The maximum absolute atomic E-state index is 12.9. The third kappa shape index (κ3) is 5.15. The van der Waals surface area contributed by atoms with Crippen molar-refractivity contribution in [2.75, 3.05) is 38.2 Å². The van der Waals surface area contributed by atoms with E-state index in [9.17, 15) is 9.59 Å². The predicted molar refractivity (Wildman–Crippen MR) is 127 cm³/mol. The minimum atomic E-state index is -0.493. The van der Waals surface area contributed by atoms with Gasteiger partial charge in [0.25, 0.3) is 11.8 Å². The minimum Gasteiger partial charge on any atom is -0.382 e. The lowest BCUT2D eigenvalue weighted by Crippen LogP contribution is -2.44. The Morgan fingerprint density at radius 1 is 1.09 bits per heavy atom. The van der Waals surface area contributed by atoms with Crippen LogP contribution < -0.4 is 11.1 Å². The van der Waals surface area contributed by atoms with Crippen LogP contribution in [0.25, 0.3) is 11.3 Å². The van der Waals surface area contributed by atoms with Crippen molar-refractivity contribution >= 4 is 23.5 Å². The highest BCUT2D eigenvalue weighted by atomic mass is 16.2. The molecule has 33 heavy (non-hydrogen) atoms. The van der Waals surface area contributed by atoms with Gasteiger partial charge in [-0.3, -0.25) is 9.59 Å². The number of carbonyl (C=O) groups excluding carboxylic acids is 2. The fourth-order valence-corrected chi connectivity index (χ4v) is 3.85. The first kappa shape index (κ1) is 22.3. The van der Waals surface area contributed by atoms with Crippen LogP contribution in [0.15, 0.2) is 54.9 Å². The van der Waals surface area contributed by atoms with Crippen LogP contribution in [-0.2, 0) is 0 Å². The van der Waals surface area contributed by atoms with E-state index in [1.165, 1.54) is 6.20 Å². The Balaban J connectivity index is 1.49. The zero-order valence-corrected chi connectivity index (χ0v) is 18.7. The van der Waals surface area contributed by atoms with Gasteiger partial charge in [-0.2, -0.15) is 0 Å². The first-order chi connectivity index (χ1) is 15.9. The molecule has 2 aromatic heterocycles. The molecule has 0 aliphatic carbocycles. The van der Waals surface area contributed by atoms with E-state index in [0.29, 0.717) is 17.1 Å². The summed E-state index contributed by atoms with van der Waals surface area (Å²) in [5.74, 6) is -0.0774. The molecule has 1 aromatic carbocycles. The minimum absolute atomic E-state index is 0.00470. The smallest absolute Gasteiger partial charge is 0.279 e. The van der Waals surface area contributed by atoms with E-state index in [1.54, 1.807) is 48.7 Å². The van der Waals surface area contributed by atoms with Crippen molar-refractivity contribution < 1.29 is 9.59 Å². The van der Waals surface area contributed by atoms with Crippen LogP contribution in [0.2, 0.25) is 0 Å². The number of hydrogen-bond acceptors (Lipinski definition) is 7. The number of nitrogens with two attached hydrogens (primary N) is 1. The zero-order chi connectivity index (χ0) is 23.4. The topological polar surface area (TPSA) is 117 Å². The van der Waals surface area contributed by atoms with Crippen molar-refractivity contribution in [2.24, 2.45) is 0 Å². The lowest BCUT2D eigenvalue weighted by Gasteiger charge is -2.35. The number of rotatable bonds is 5. The Bertz CT molecular complexity index is 1130. The Kier molecular flexibility index (Phi) is 6.60. The van der Waals surface area contributed by atoms with Crippen LogP contribution in [0.1, 0.15) is 33.7 Å². The van der Waals surface area contributed by atoms with Gasteiger partial charge in [0.1, 0.15) is 5.82 Å². The summed E-state index contributed by atoms with van der Waals surface area (Å²) in [5, 5.41) is 2.66. The van der Waals surface area contributed by atoms with Crippen LogP contribution in [0.5, 0.6) is 0 Å². The predicted octanol–water partition coefficient (Wildman–Crippen LogP) is 2.54. The molecule has 1 saturated heterocycles. The van der Waals surface area contributed by atoms with Gasteiger partial charge >= 0.3 is 0 Å². The normalized spacial score (nSPS) is 14.6. The summed E-state index contributed by atoms with van der Waals surface area (Å²) in [6.07, 6.45) is 5.03.